The van der Waals surface area contributed by atoms with Crippen LogP contribution in [-0.2, 0) is 24.3 Å². The van der Waals surface area contributed by atoms with Gasteiger partial charge in [0.2, 0.25) is 15.9 Å². The van der Waals surface area contributed by atoms with E-state index < -0.39 is 10.0 Å². The zero-order valence-electron chi connectivity index (χ0n) is 21.1. The fourth-order valence-electron chi connectivity index (χ4n) is 5.06. The third kappa shape index (κ3) is 5.14. The minimum Gasteiger partial charge on any atom is -0.378 e. The van der Waals surface area contributed by atoms with Crippen LogP contribution in [0.1, 0.15) is 13.3 Å². The van der Waals surface area contributed by atoms with E-state index in [4.69, 9.17) is 4.74 Å². The molecule has 10 heteroatoms. The smallest absolute Gasteiger partial charge is 0.243 e. The molecule has 1 unspecified atom stereocenters. The van der Waals surface area contributed by atoms with Crippen LogP contribution < -0.4 is 4.90 Å². The summed E-state index contributed by atoms with van der Waals surface area (Å²) >= 11 is 0. The van der Waals surface area contributed by atoms with Gasteiger partial charge in [-0.25, -0.2) is 8.42 Å². The van der Waals surface area contributed by atoms with Crippen molar-refractivity contribution in [3.8, 4) is 11.3 Å². The Bertz CT molecular complexity index is 1390. The number of ether oxygens (including phenoxy) is 1. The van der Waals surface area contributed by atoms with Gasteiger partial charge in [0.1, 0.15) is 5.78 Å². The lowest BCUT2D eigenvalue weighted by Crippen LogP contribution is -2.46. The maximum atomic E-state index is 13.5. The molecule has 2 aliphatic rings. The number of likely N-dealkylation sites (N-methyl/N-ethyl adjacent to an activating group) is 1. The zero-order chi connectivity index (χ0) is 26.2. The molecular formula is C27H32N4O5S. The normalized spacial score (nSPS) is 18.6. The lowest BCUT2D eigenvalue weighted by Gasteiger charge is -2.28. The maximum absolute atomic E-state index is 13.5. The Hall–Kier alpha value is -3.21. The number of sulfonamides is 1. The van der Waals surface area contributed by atoms with Crippen molar-refractivity contribution in [2.75, 3.05) is 57.9 Å². The number of carbonyl (C=O) groups excluding carboxylic acids is 2. The molecule has 2 aromatic carbocycles. The highest BCUT2D eigenvalue weighted by atomic mass is 32.2. The highest BCUT2D eigenvalue weighted by Crippen LogP contribution is 2.37. The van der Waals surface area contributed by atoms with Crippen molar-refractivity contribution in [2.45, 2.75) is 18.2 Å². The number of rotatable bonds is 7. The second-order valence-electron chi connectivity index (χ2n) is 9.75. The number of aromatic nitrogens is 1. The van der Waals surface area contributed by atoms with Crippen LogP contribution in [-0.4, -0.2) is 87.3 Å². The van der Waals surface area contributed by atoms with E-state index in [2.05, 4.69) is 9.88 Å². The summed E-state index contributed by atoms with van der Waals surface area (Å²) in [6.45, 7) is 4.54. The van der Waals surface area contributed by atoms with E-state index in [-0.39, 0.29) is 29.0 Å². The monoisotopic (exact) mass is 524 g/mol. The van der Waals surface area contributed by atoms with Crippen LogP contribution in [0.25, 0.3) is 22.2 Å². The fraction of sp³-hybridized carbons (Fsp3) is 0.407. The quantitative estimate of drug-likeness (QED) is 0.510. The number of carbonyl (C=O) groups is 2. The molecule has 196 valence electrons. The first-order valence-electron chi connectivity index (χ1n) is 12.5. The number of nitrogens with one attached hydrogen (secondary N) is 1. The largest absolute Gasteiger partial charge is 0.378 e. The number of fused-ring (bicyclic) bond motifs is 1. The number of benzene rings is 2. The van der Waals surface area contributed by atoms with E-state index >= 15 is 0 Å². The van der Waals surface area contributed by atoms with Gasteiger partial charge in [0, 0.05) is 67.0 Å². The number of morpholine rings is 1. The molecule has 3 heterocycles. The van der Waals surface area contributed by atoms with Gasteiger partial charge < -0.3 is 19.5 Å². The van der Waals surface area contributed by atoms with E-state index in [1.165, 1.54) is 7.05 Å². The Morgan fingerprint density at radius 1 is 1.08 bits per heavy atom. The molecule has 0 spiro atoms. The number of amides is 1. The third-order valence-electron chi connectivity index (χ3n) is 7.32. The minimum atomic E-state index is -3.93. The minimum absolute atomic E-state index is 0.0312. The van der Waals surface area contributed by atoms with Crippen molar-refractivity contribution in [2.24, 2.45) is 5.92 Å². The van der Waals surface area contributed by atoms with E-state index in [1.807, 2.05) is 36.4 Å². The number of nitrogens with zero attached hydrogens (tertiary/aromatic N) is 3. The summed E-state index contributed by atoms with van der Waals surface area (Å²) in [6.07, 6.45) is 0.772. The average molecular weight is 525 g/mol. The first-order chi connectivity index (χ1) is 17.7. The molecule has 2 fully saturated rings. The Balaban J connectivity index is 1.49. The molecule has 0 radical (unpaired) electrons. The molecule has 0 aliphatic carbocycles. The number of hydrogen-bond acceptors (Lipinski definition) is 6. The van der Waals surface area contributed by atoms with E-state index in [0.717, 1.165) is 45.1 Å². The number of hydrogen-bond donors (Lipinski definition) is 1. The van der Waals surface area contributed by atoms with E-state index in [1.54, 1.807) is 24.0 Å². The summed E-state index contributed by atoms with van der Waals surface area (Å²) in [5.41, 5.74) is 3.37. The summed E-state index contributed by atoms with van der Waals surface area (Å²) in [4.78, 5) is 32.0. The number of H-pyrrole nitrogens is 1. The van der Waals surface area contributed by atoms with Gasteiger partial charge in [-0.15, -0.1) is 0 Å². The third-order valence-corrected chi connectivity index (χ3v) is 9.12. The number of anilines is 1. The van der Waals surface area contributed by atoms with Gasteiger partial charge in [-0.3, -0.25) is 9.59 Å². The lowest BCUT2D eigenvalue weighted by atomic mass is 10.1. The number of para-hydroxylation sites is 1. The van der Waals surface area contributed by atoms with Crippen LogP contribution in [0.2, 0.25) is 0 Å². The molecule has 2 aliphatic heterocycles. The van der Waals surface area contributed by atoms with Gasteiger partial charge in [0.05, 0.1) is 24.7 Å². The number of Topliss-reactive ketones (excluding diaryl/α,β-unsaturated/α-hetero) is 1. The summed E-state index contributed by atoms with van der Waals surface area (Å²) < 4.78 is 33.5. The molecule has 0 bridgehead atoms. The molecule has 0 saturated carbocycles. The molecule has 1 aromatic heterocycles. The SMILES string of the molecule is CC(=O)C1CCN(c2ccc(S(=O)(=O)N(C)CC(=O)N3CCOCC3)cc2-c2cc3ccccc3[nH]2)C1. The first-order valence-corrected chi connectivity index (χ1v) is 14.0. The molecule has 9 nitrogen and oxygen atoms in total. The summed E-state index contributed by atoms with van der Waals surface area (Å²) in [6, 6.07) is 15.0. The number of aromatic amines is 1. The van der Waals surface area contributed by atoms with Gasteiger partial charge in [-0.05, 0) is 43.7 Å². The fourth-order valence-corrected chi connectivity index (χ4v) is 6.21. The molecular weight excluding hydrogens is 492 g/mol. The molecule has 37 heavy (non-hydrogen) atoms. The van der Waals surface area contributed by atoms with Crippen LogP contribution >= 0.6 is 0 Å². The predicted octanol–water partition coefficient (Wildman–Crippen LogP) is 2.73. The van der Waals surface area contributed by atoms with Crippen molar-refractivity contribution in [3.05, 3.63) is 48.5 Å². The van der Waals surface area contributed by atoms with Crippen LogP contribution in [0.4, 0.5) is 5.69 Å². The van der Waals surface area contributed by atoms with Crippen molar-refractivity contribution in [1.29, 1.82) is 0 Å². The van der Waals surface area contributed by atoms with E-state index in [0.29, 0.717) is 32.8 Å². The van der Waals surface area contributed by atoms with Gasteiger partial charge >= 0.3 is 0 Å². The Kier molecular flexibility index (Phi) is 7.06. The van der Waals surface area contributed by atoms with Gasteiger partial charge in [0.15, 0.2) is 0 Å². The van der Waals surface area contributed by atoms with Gasteiger partial charge in [0.25, 0.3) is 0 Å². The standard InChI is InChI=1S/C27H32N4O5S/c1-19(32)21-9-10-31(17-21)26-8-7-22(16-23(26)25-15-20-5-3-4-6-24(20)28-25)37(34,35)29(2)18-27(33)30-11-13-36-14-12-30/h3-8,15-16,21,28H,9-14,17-18H2,1-2H3. The van der Waals surface area contributed by atoms with E-state index in [9.17, 15) is 18.0 Å². The molecule has 3 aromatic rings. The van der Waals surface area contributed by atoms with Crippen molar-refractivity contribution < 1.29 is 22.7 Å². The number of ketones is 1. The zero-order valence-corrected chi connectivity index (χ0v) is 22.0. The Labute approximate surface area is 217 Å². The highest BCUT2D eigenvalue weighted by Gasteiger charge is 2.30. The van der Waals surface area contributed by atoms with Crippen molar-refractivity contribution >= 4 is 38.3 Å². The Morgan fingerprint density at radius 2 is 1.84 bits per heavy atom. The van der Waals surface area contributed by atoms with Crippen molar-refractivity contribution in [3.63, 3.8) is 0 Å². The predicted molar refractivity (Wildman–Crippen MR) is 142 cm³/mol. The Morgan fingerprint density at radius 3 is 2.54 bits per heavy atom. The second-order valence-corrected chi connectivity index (χ2v) is 11.8. The summed E-state index contributed by atoms with van der Waals surface area (Å²) in [5.74, 6) is -0.106. The molecule has 1 atom stereocenters. The molecule has 1 amide bonds. The van der Waals surface area contributed by atoms with Crippen LogP contribution in [0.15, 0.2) is 53.4 Å². The van der Waals surface area contributed by atoms with Gasteiger partial charge in [-0.1, -0.05) is 18.2 Å². The summed E-state index contributed by atoms with van der Waals surface area (Å²) in [5, 5.41) is 1.02. The second kappa shape index (κ2) is 10.3. The topological polar surface area (TPSA) is 103 Å². The van der Waals surface area contributed by atoms with Crippen LogP contribution in [0.3, 0.4) is 0 Å². The van der Waals surface area contributed by atoms with Crippen LogP contribution in [0, 0.1) is 5.92 Å². The highest BCUT2D eigenvalue weighted by molar-refractivity contribution is 7.89. The summed E-state index contributed by atoms with van der Waals surface area (Å²) in [7, 11) is -2.50. The van der Waals surface area contributed by atoms with Gasteiger partial charge in [-0.2, -0.15) is 4.31 Å². The first kappa shape index (κ1) is 25.4. The lowest BCUT2D eigenvalue weighted by molar-refractivity contribution is -0.135. The van der Waals surface area contributed by atoms with Crippen molar-refractivity contribution in [1.82, 2.24) is 14.2 Å². The average Bonchev–Trinajstić information content (AvgIpc) is 3.56. The molecule has 1 N–H and O–H groups in total. The molecule has 5 rings (SSSR count). The maximum Gasteiger partial charge on any atom is 0.243 e. The van der Waals surface area contributed by atoms with Crippen LogP contribution in [0.5, 0.6) is 0 Å². The molecule has 2 saturated heterocycles.